The largest absolute Gasteiger partial charge is 0.368 e. The van der Waals surface area contributed by atoms with Crippen molar-refractivity contribution in [2.24, 2.45) is 0 Å². The minimum atomic E-state index is -1.37. The van der Waals surface area contributed by atoms with E-state index in [0.29, 0.717) is 13.0 Å². The second-order valence-corrected chi connectivity index (χ2v) is 12.4. The molecule has 0 bridgehead atoms. The monoisotopic (exact) mass is 363 g/mol. The number of amides is 2. The van der Waals surface area contributed by atoms with Crippen LogP contribution in [-0.2, 0) is 19.1 Å². The number of methoxy groups -OCH3 is 2. The van der Waals surface area contributed by atoms with Crippen LogP contribution in [0.15, 0.2) is 10.2 Å². The molecule has 0 spiro atoms. The van der Waals surface area contributed by atoms with Crippen LogP contribution in [0.25, 0.3) is 0 Å². The molecule has 0 N–H and O–H groups in total. The molecule has 2 atom stereocenters. The predicted octanol–water partition coefficient (Wildman–Crippen LogP) is 1.93. The maximum Gasteiger partial charge on any atom is 0.261 e. The summed E-state index contributed by atoms with van der Waals surface area (Å²) < 4.78 is 11.3. The van der Waals surface area contributed by atoms with Crippen LogP contribution in [0, 0.1) is 0 Å². The Labute approximate surface area is 129 Å². The molecule has 1 aliphatic rings. The first kappa shape index (κ1) is 17.5. The maximum absolute atomic E-state index is 12.1. The van der Waals surface area contributed by atoms with Crippen LogP contribution in [0.3, 0.4) is 0 Å². The highest BCUT2D eigenvalue weighted by Crippen LogP contribution is 2.23. The molecule has 20 heavy (non-hydrogen) atoms. The standard InChI is InChI=1S/C13H22BrNO4Si/c1-18-10-11(19-2)13(17)15(12(10)16)8-6-7-9(14)20(3,4)5/h7,10-11H,6,8H2,1-5H3/b9-7+/t10-,11-/m1/s1. The zero-order chi connectivity index (χ0) is 15.5. The number of imide groups is 1. The molecule has 0 aromatic carbocycles. The summed E-state index contributed by atoms with van der Waals surface area (Å²) in [5, 5.41) is 0. The van der Waals surface area contributed by atoms with Crippen molar-refractivity contribution in [2.45, 2.75) is 38.3 Å². The van der Waals surface area contributed by atoms with Crippen LogP contribution in [0.1, 0.15) is 6.42 Å². The van der Waals surface area contributed by atoms with E-state index in [1.54, 1.807) is 0 Å². The summed E-state index contributed by atoms with van der Waals surface area (Å²) in [6.07, 6.45) is 1.04. The number of rotatable bonds is 6. The molecule has 0 saturated carbocycles. The summed E-state index contributed by atoms with van der Waals surface area (Å²) in [6, 6.07) is 0. The van der Waals surface area contributed by atoms with E-state index in [0.717, 1.165) is 0 Å². The molecule has 114 valence electrons. The van der Waals surface area contributed by atoms with Crippen molar-refractivity contribution in [3.8, 4) is 0 Å². The van der Waals surface area contributed by atoms with Crippen molar-refractivity contribution in [3.05, 3.63) is 10.2 Å². The molecule has 5 nitrogen and oxygen atoms in total. The van der Waals surface area contributed by atoms with Crippen LogP contribution in [0.5, 0.6) is 0 Å². The Kier molecular flexibility index (Phi) is 6.12. The molecular formula is C13H22BrNO4Si. The number of carbonyl (C=O) groups is 2. The second kappa shape index (κ2) is 6.97. The first-order valence-corrected chi connectivity index (χ1v) is 10.8. The summed E-state index contributed by atoms with van der Waals surface area (Å²) in [5.41, 5.74) is 0. The summed E-state index contributed by atoms with van der Waals surface area (Å²) in [5.74, 6) is -0.635. The fraction of sp³-hybridized carbons (Fsp3) is 0.692. The lowest BCUT2D eigenvalue weighted by molar-refractivity contribution is -0.141. The van der Waals surface area contributed by atoms with Crippen molar-refractivity contribution in [1.29, 1.82) is 0 Å². The topological polar surface area (TPSA) is 55.8 Å². The average Bonchev–Trinajstić information content (AvgIpc) is 2.60. The van der Waals surface area contributed by atoms with Crippen LogP contribution >= 0.6 is 15.9 Å². The number of hydrogen-bond acceptors (Lipinski definition) is 4. The third-order valence-electron chi connectivity index (χ3n) is 3.19. The van der Waals surface area contributed by atoms with Crippen molar-refractivity contribution >= 4 is 35.8 Å². The summed E-state index contributed by atoms with van der Waals surface area (Å²) in [4.78, 5) is 25.4. The Morgan fingerprint density at radius 1 is 1.20 bits per heavy atom. The Hall–Kier alpha value is -0.503. The Balaban J connectivity index is 2.70. The van der Waals surface area contributed by atoms with Gasteiger partial charge in [0.1, 0.15) is 0 Å². The van der Waals surface area contributed by atoms with Crippen LogP contribution in [0.2, 0.25) is 19.6 Å². The van der Waals surface area contributed by atoms with Crippen molar-refractivity contribution in [3.63, 3.8) is 0 Å². The van der Waals surface area contributed by atoms with E-state index in [2.05, 4.69) is 41.6 Å². The van der Waals surface area contributed by atoms with Gasteiger partial charge < -0.3 is 9.47 Å². The van der Waals surface area contributed by atoms with Gasteiger partial charge >= 0.3 is 0 Å². The van der Waals surface area contributed by atoms with E-state index < -0.39 is 20.3 Å². The lowest BCUT2D eigenvalue weighted by Crippen LogP contribution is -2.33. The number of carbonyl (C=O) groups excluding carboxylic acids is 2. The number of ether oxygens (including phenoxy) is 2. The molecule has 7 heteroatoms. The van der Waals surface area contributed by atoms with E-state index in [-0.39, 0.29) is 11.8 Å². The Bertz CT molecular complexity index is 397. The molecule has 1 fully saturated rings. The molecule has 0 aromatic heterocycles. The van der Waals surface area contributed by atoms with Crippen LogP contribution < -0.4 is 0 Å². The van der Waals surface area contributed by atoms with Gasteiger partial charge in [0.05, 0.1) is 8.07 Å². The van der Waals surface area contributed by atoms with Gasteiger partial charge in [0.15, 0.2) is 12.2 Å². The van der Waals surface area contributed by atoms with Crippen LogP contribution in [0.4, 0.5) is 0 Å². The van der Waals surface area contributed by atoms with Gasteiger partial charge in [-0.3, -0.25) is 14.5 Å². The minimum absolute atomic E-state index is 0.318. The van der Waals surface area contributed by atoms with E-state index in [1.165, 1.54) is 23.2 Å². The van der Waals surface area contributed by atoms with Crippen LogP contribution in [-0.4, -0.2) is 57.8 Å². The van der Waals surface area contributed by atoms with Gasteiger partial charge in [-0.2, -0.15) is 0 Å². The molecule has 0 aliphatic carbocycles. The second-order valence-electron chi connectivity index (χ2n) is 5.73. The first-order valence-electron chi connectivity index (χ1n) is 6.51. The normalized spacial score (nSPS) is 24.7. The number of hydrogen-bond donors (Lipinski definition) is 0. The maximum atomic E-state index is 12.1. The van der Waals surface area contributed by atoms with Crippen molar-refractivity contribution < 1.29 is 19.1 Å². The zero-order valence-corrected chi connectivity index (χ0v) is 15.2. The molecule has 2 amide bonds. The lowest BCUT2D eigenvalue weighted by atomic mass is 10.2. The molecule has 0 radical (unpaired) electrons. The fourth-order valence-electron chi connectivity index (χ4n) is 1.97. The van der Waals surface area contributed by atoms with E-state index in [1.807, 2.05) is 0 Å². The van der Waals surface area contributed by atoms with Gasteiger partial charge in [0, 0.05) is 20.8 Å². The SMILES string of the molecule is CO[C@H]1C(=O)N(CC/C=C(\Br)[Si](C)(C)C)C(=O)[C@@H]1OC. The third kappa shape index (κ3) is 3.78. The smallest absolute Gasteiger partial charge is 0.261 e. The Morgan fingerprint density at radius 3 is 2.00 bits per heavy atom. The van der Waals surface area contributed by atoms with Gasteiger partial charge in [0.2, 0.25) is 0 Å². The number of nitrogens with zero attached hydrogens (tertiary/aromatic N) is 1. The summed E-state index contributed by atoms with van der Waals surface area (Å²) in [6.45, 7) is 7.03. The van der Waals surface area contributed by atoms with E-state index in [9.17, 15) is 9.59 Å². The molecule has 0 aromatic rings. The van der Waals surface area contributed by atoms with E-state index >= 15 is 0 Å². The van der Waals surface area contributed by atoms with Gasteiger partial charge in [-0.1, -0.05) is 41.6 Å². The zero-order valence-electron chi connectivity index (χ0n) is 12.6. The average molecular weight is 364 g/mol. The van der Waals surface area contributed by atoms with Crippen molar-refractivity contribution in [2.75, 3.05) is 20.8 Å². The molecule has 1 heterocycles. The highest BCUT2D eigenvalue weighted by molar-refractivity contribution is 9.12. The highest BCUT2D eigenvalue weighted by Gasteiger charge is 2.48. The van der Waals surface area contributed by atoms with Gasteiger partial charge in [-0.15, -0.1) is 0 Å². The molecule has 0 unspecified atom stereocenters. The predicted molar refractivity (Wildman–Crippen MR) is 83.3 cm³/mol. The summed E-state index contributed by atoms with van der Waals surface area (Å²) in [7, 11) is 1.45. The molecule has 1 aliphatic heterocycles. The number of likely N-dealkylation sites (tertiary alicyclic amines) is 1. The van der Waals surface area contributed by atoms with Crippen molar-refractivity contribution in [1.82, 2.24) is 4.90 Å². The van der Waals surface area contributed by atoms with Gasteiger partial charge in [0.25, 0.3) is 11.8 Å². The minimum Gasteiger partial charge on any atom is -0.368 e. The molecular weight excluding hydrogens is 342 g/mol. The fourth-order valence-corrected chi connectivity index (χ4v) is 2.96. The third-order valence-corrected chi connectivity index (χ3v) is 8.72. The molecule has 1 rings (SSSR count). The van der Waals surface area contributed by atoms with Gasteiger partial charge in [-0.25, -0.2) is 0 Å². The molecule has 1 saturated heterocycles. The lowest BCUT2D eigenvalue weighted by Gasteiger charge is -2.16. The Morgan fingerprint density at radius 2 is 1.65 bits per heavy atom. The van der Waals surface area contributed by atoms with Gasteiger partial charge in [-0.05, 0) is 10.5 Å². The van der Waals surface area contributed by atoms with E-state index in [4.69, 9.17) is 9.47 Å². The highest BCUT2D eigenvalue weighted by atomic mass is 79.9. The quantitative estimate of drug-likeness (QED) is 0.534. The summed E-state index contributed by atoms with van der Waals surface area (Å²) >= 11 is 3.57. The first-order chi connectivity index (χ1) is 9.23. The number of halogens is 1.